The molecule has 4 rings (SSSR count). The minimum Gasteiger partial charge on any atom is -0.491 e. The van der Waals surface area contributed by atoms with Crippen LogP contribution in [0.4, 0.5) is 0 Å². The third kappa shape index (κ3) is 16.5. The molecule has 16 nitrogen and oxygen atoms in total. The van der Waals surface area contributed by atoms with Gasteiger partial charge in [-0.25, -0.2) is 0 Å². The number of benzene rings is 4. The molecule has 0 spiro atoms. The van der Waals surface area contributed by atoms with Gasteiger partial charge in [-0.15, -0.1) is 0 Å². The van der Waals surface area contributed by atoms with Crippen molar-refractivity contribution in [1.29, 1.82) is 0 Å². The zero-order valence-electron chi connectivity index (χ0n) is 42.4. The SMILES string of the molecule is C=C(N(C)C)N(C)CC(O)COc1ccc2ccc(OCC(O)CN(C)C(=S)N(C)C)c(Cc3c(OCC(O)CN(C)C(=S)N(C)C)ccc4ccc(OCC(O)CN(C)C(=S)N(C)C)cc34)c2c1. The fourth-order valence-electron chi connectivity index (χ4n) is 7.61. The standard InChI is InChI=1S/C50H74N8O8S3/c1-33(51(2)3)55(10)25-36(59)29-63-40-18-14-34-16-20-46(65-31-38(61)27-57(12)49(68)53(6)7)44(42(34)22-40)24-45-43-23-41(64-30-37(60)26-56(11)48(67)52(4)5)19-15-35(43)17-21-47(45)66-32-39(62)28-58(13)50(69)54(8)9/h14-23,36-39,59-62H,1,24-32H2,2-13H3. The molecule has 4 aromatic rings. The van der Waals surface area contributed by atoms with Crippen LogP contribution >= 0.6 is 36.7 Å². The van der Waals surface area contributed by atoms with E-state index >= 15 is 0 Å². The minimum absolute atomic E-state index is 0.0161. The fraction of sp³-hybridized carbons (Fsp3) is 0.500. The highest BCUT2D eigenvalue weighted by molar-refractivity contribution is 7.80. The maximum Gasteiger partial charge on any atom is 0.170 e. The Balaban J connectivity index is 1.81. The van der Waals surface area contributed by atoms with Crippen molar-refractivity contribution in [3.8, 4) is 23.0 Å². The lowest BCUT2D eigenvalue weighted by Gasteiger charge is -2.29. The van der Waals surface area contributed by atoms with Crippen molar-refractivity contribution in [2.75, 3.05) is 137 Å². The number of rotatable bonds is 24. The van der Waals surface area contributed by atoms with Gasteiger partial charge in [0.2, 0.25) is 0 Å². The predicted molar refractivity (Wildman–Crippen MR) is 289 cm³/mol. The van der Waals surface area contributed by atoms with Gasteiger partial charge in [0.25, 0.3) is 0 Å². The van der Waals surface area contributed by atoms with Crippen LogP contribution in [0.15, 0.2) is 73.1 Å². The van der Waals surface area contributed by atoms with Crippen LogP contribution in [0, 0.1) is 0 Å². The lowest BCUT2D eigenvalue weighted by Crippen LogP contribution is -2.41. The van der Waals surface area contributed by atoms with Gasteiger partial charge in [-0.05, 0) is 94.6 Å². The molecule has 0 amide bonds. The highest BCUT2D eigenvalue weighted by atomic mass is 32.1. The van der Waals surface area contributed by atoms with Gasteiger partial charge in [-0.1, -0.05) is 30.8 Å². The lowest BCUT2D eigenvalue weighted by molar-refractivity contribution is 0.0786. The number of nitrogens with zero attached hydrogens (tertiary/aromatic N) is 8. The number of thiocarbonyl (C=S) groups is 3. The van der Waals surface area contributed by atoms with E-state index in [0.717, 1.165) is 38.5 Å². The smallest absolute Gasteiger partial charge is 0.170 e. The summed E-state index contributed by atoms with van der Waals surface area (Å²) in [4.78, 5) is 14.6. The molecule has 4 N–H and O–H groups in total. The van der Waals surface area contributed by atoms with Gasteiger partial charge in [-0.2, -0.15) is 0 Å². The molecule has 0 aliphatic heterocycles. The molecular weight excluding hydrogens is 937 g/mol. The van der Waals surface area contributed by atoms with Crippen LogP contribution in [0.2, 0.25) is 0 Å². The van der Waals surface area contributed by atoms with Gasteiger partial charge < -0.3 is 78.6 Å². The predicted octanol–water partition coefficient (Wildman–Crippen LogP) is 3.84. The van der Waals surface area contributed by atoms with Crippen LogP contribution in [0.5, 0.6) is 23.0 Å². The Morgan fingerprint density at radius 3 is 1.07 bits per heavy atom. The van der Waals surface area contributed by atoms with Crippen molar-refractivity contribution in [2.24, 2.45) is 0 Å². The summed E-state index contributed by atoms with van der Waals surface area (Å²) in [6, 6.07) is 19.2. The van der Waals surface area contributed by atoms with Crippen molar-refractivity contribution >= 4 is 73.5 Å². The minimum atomic E-state index is -0.890. The molecule has 380 valence electrons. The Labute approximate surface area is 425 Å². The van der Waals surface area contributed by atoms with Crippen LogP contribution < -0.4 is 18.9 Å². The van der Waals surface area contributed by atoms with E-state index in [9.17, 15) is 20.4 Å². The first-order valence-corrected chi connectivity index (χ1v) is 23.9. The molecule has 0 radical (unpaired) electrons. The lowest BCUT2D eigenvalue weighted by atomic mass is 9.93. The van der Waals surface area contributed by atoms with E-state index in [-0.39, 0.29) is 52.5 Å². The largest absolute Gasteiger partial charge is 0.491 e. The first kappa shape index (κ1) is 56.4. The average Bonchev–Trinajstić information content (AvgIpc) is 3.30. The summed E-state index contributed by atoms with van der Waals surface area (Å²) in [5, 5.41) is 49.7. The topological polar surface area (TPSA) is 144 Å². The molecule has 0 saturated heterocycles. The van der Waals surface area contributed by atoms with Crippen LogP contribution in [0.1, 0.15) is 11.1 Å². The van der Waals surface area contributed by atoms with Crippen molar-refractivity contribution in [2.45, 2.75) is 30.8 Å². The van der Waals surface area contributed by atoms with E-state index in [2.05, 4.69) is 6.58 Å². The Hall–Kier alpha value is -5.15. The maximum absolute atomic E-state index is 11.3. The first-order valence-electron chi connectivity index (χ1n) is 22.7. The summed E-state index contributed by atoms with van der Waals surface area (Å²) >= 11 is 16.5. The summed E-state index contributed by atoms with van der Waals surface area (Å²) in [6.07, 6.45) is -3.16. The molecular formula is C50H74N8O8S3. The van der Waals surface area contributed by atoms with Gasteiger partial charge in [-0.3, -0.25) is 0 Å². The van der Waals surface area contributed by atoms with E-state index in [4.69, 9.17) is 55.6 Å². The summed E-state index contributed by atoms with van der Waals surface area (Å²) in [5.41, 5.74) is 1.55. The molecule has 4 atom stereocenters. The van der Waals surface area contributed by atoms with E-state index < -0.39 is 24.4 Å². The first-order chi connectivity index (χ1) is 32.5. The number of fused-ring (bicyclic) bond motifs is 2. The van der Waals surface area contributed by atoms with Gasteiger partial charge in [0.15, 0.2) is 15.3 Å². The fourth-order valence-corrected chi connectivity index (χ4v) is 7.83. The van der Waals surface area contributed by atoms with Gasteiger partial charge in [0, 0.05) is 128 Å². The molecule has 0 aliphatic rings. The van der Waals surface area contributed by atoms with Crippen molar-refractivity contribution < 1.29 is 39.4 Å². The number of likely N-dealkylation sites (N-methyl/N-ethyl adjacent to an activating group) is 4. The van der Waals surface area contributed by atoms with Crippen LogP contribution in [-0.4, -0.2) is 237 Å². The number of hydrogen-bond donors (Lipinski definition) is 4. The maximum atomic E-state index is 11.3. The second-order valence-electron chi connectivity index (χ2n) is 18.3. The average molecular weight is 1010 g/mol. The third-order valence-corrected chi connectivity index (χ3v) is 13.3. The Morgan fingerprint density at radius 2 is 0.754 bits per heavy atom. The zero-order valence-corrected chi connectivity index (χ0v) is 44.8. The molecule has 4 unspecified atom stereocenters. The van der Waals surface area contributed by atoms with Crippen LogP contribution in [-0.2, 0) is 6.42 Å². The van der Waals surface area contributed by atoms with Gasteiger partial charge >= 0.3 is 0 Å². The molecule has 0 bridgehead atoms. The Morgan fingerprint density at radius 1 is 0.449 bits per heavy atom. The zero-order chi connectivity index (χ0) is 51.3. The van der Waals surface area contributed by atoms with Crippen LogP contribution in [0.3, 0.4) is 0 Å². The van der Waals surface area contributed by atoms with Crippen molar-refractivity contribution in [3.05, 3.63) is 84.2 Å². The van der Waals surface area contributed by atoms with Crippen molar-refractivity contribution in [3.63, 3.8) is 0 Å². The quantitative estimate of drug-likeness (QED) is 0.0755. The Bertz CT molecular complexity index is 2200. The molecule has 19 heteroatoms. The number of hydrogen-bond acceptors (Lipinski definition) is 13. The molecule has 0 saturated carbocycles. The number of ether oxygens (including phenoxy) is 4. The summed E-state index contributed by atoms with van der Waals surface area (Å²) < 4.78 is 25.5. The molecule has 4 aromatic carbocycles. The van der Waals surface area contributed by atoms with Crippen LogP contribution in [0.25, 0.3) is 21.5 Å². The third-order valence-electron chi connectivity index (χ3n) is 11.2. The van der Waals surface area contributed by atoms with Gasteiger partial charge in [0.1, 0.15) is 73.8 Å². The molecule has 0 heterocycles. The highest BCUT2D eigenvalue weighted by Crippen LogP contribution is 2.38. The summed E-state index contributed by atoms with van der Waals surface area (Å²) in [5.74, 6) is 2.87. The summed E-state index contributed by atoms with van der Waals surface area (Å²) in [6.45, 7) is 5.14. The second-order valence-corrected chi connectivity index (χ2v) is 19.3. The number of aliphatic hydroxyl groups is 4. The monoisotopic (exact) mass is 1010 g/mol. The van der Waals surface area contributed by atoms with E-state index in [1.54, 1.807) is 24.5 Å². The Kier molecular flexibility index (Phi) is 21.4. The van der Waals surface area contributed by atoms with Gasteiger partial charge in [0.05, 0.1) is 5.82 Å². The molecule has 69 heavy (non-hydrogen) atoms. The summed E-state index contributed by atoms with van der Waals surface area (Å²) in [7, 11) is 22.3. The normalized spacial score (nSPS) is 12.9. The second kappa shape index (κ2) is 26.2. The molecule has 0 aromatic heterocycles. The van der Waals surface area contributed by atoms with Crippen molar-refractivity contribution in [1.82, 2.24) is 39.2 Å². The van der Waals surface area contributed by atoms with E-state index in [1.807, 2.05) is 160 Å². The molecule has 0 fully saturated rings. The molecule has 0 aliphatic carbocycles. The van der Waals surface area contributed by atoms with E-state index in [0.29, 0.717) is 44.9 Å². The van der Waals surface area contributed by atoms with E-state index in [1.165, 1.54) is 0 Å². The highest BCUT2D eigenvalue weighted by Gasteiger charge is 2.22. The number of aliphatic hydroxyl groups excluding tert-OH is 4.